The van der Waals surface area contributed by atoms with Gasteiger partial charge in [-0.3, -0.25) is 0 Å². The highest BCUT2D eigenvalue weighted by Crippen LogP contribution is 2.25. The summed E-state index contributed by atoms with van der Waals surface area (Å²) in [5, 5.41) is 16.9. The third-order valence-corrected chi connectivity index (χ3v) is 3.44. The average Bonchev–Trinajstić information content (AvgIpc) is 2.95. The molecule has 3 aromatic heterocycles. The summed E-state index contributed by atoms with van der Waals surface area (Å²) in [7, 11) is 0. The van der Waals surface area contributed by atoms with Gasteiger partial charge in [0.25, 0.3) is 0 Å². The predicted octanol–water partition coefficient (Wildman–Crippen LogP) is 2.25. The molecular weight excluding hydrogens is 272 g/mol. The molecule has 6 nitrogen and oxygen atoms in total. The molecule has 0 saturated heterocycles. The Balaban J connectivity index is 2.19. The summed E-state index contributed by atoms with van der Waals surface area (Å²) in [6.07, 6.45) is 1.87. The van der Waals surface area contributed by atoms with Crippen LogP contribution in [0, 0.1) is 0 Å². The van der Waals surface area contributed by atoms with E-state index in [2.05, 4.69) is 31.8 Å². The van der Waals surface area contributed by atoms with Crippen LogP contribution in [0.25, 0.3) is 16.3 Å². The van der Waals surface area contributed by atoms with Crippen LogP contribution < -0.4 is 0 Å². The van der Waals surface area contributed by atoms with E-state index in [1.807, 2.05) is 0 Å². The van der Waals surface area contributed by atoms with Gasteiger partial charge in [0.05, 0.1) is 5.69 Å². The predicted molar refractivity (Wildman–Crippen MR) is 68.7 cm³/mol. The molecule has 0 amide bonds. The Morgan fingerprint density at radius 1 is 1.28 bits per heavy atom. The molecule has 0 aliphatic carbocycles. The number of aromatic nitrogens is 6. The molecule has 0 aliphatic heterocycles. The molecule has 0 saturated carbocycles. The fourth-order valence-electron chi connectivity index (χ4n) is 1.69. The summed E-state index contributed by atoms with van der Waals surface area (Å²) in [4.78, 5) is 0.902. The molecular formula is C10H9ClN6S. The lowest BCUT2D eigenvalue weighted by Crippen LogP contribution is -1.96. The molecule has 0 aliphatic rings. The minimum absolute atomic E-state index is 0.401. The first-order chi connectivity index (χ1) is 8.79. The van der Waals surface area contributed by atoms with Crippen molar-refractivity contribution in [2.24, 2.45) is 0 Å². The van der Waals surface area contributed by atoms with E-state index in [1.165, 1.54) is 11.5 Å². The van der Waals surface area contributed by atoms with Crippen molar-refractivity contribution in [2.75, 3.05) is 0 Å². The van der Waals surface area contributed by atoms with E-state index >= 15 is 0 Å². The summed E-state index contributed by atoms with van der Waals surface area (Å²) < 4.78 is 5.60. The molecule has 18 heavy (non-hydrogen) atoms. The Labute approximate surface area is 112 Å². The SMILES string of the molecule is CCCc1nnsc1-c1nnc2ccc(Cl)nn12. The summed E-state index contributed by atoms with van der Waals surface area (Å²) in [5.74, 6) is 0.644. The van der Waals surface area contributed by atoms with Gasteiger partial charge in [0.1, 0.15) is 10.0 Å². The Morgan fingerprint density at radius 3 is 3.00 bits per heavy atom. The van der Waals surface area contributed by atoms with Crippen molar-refractivity contribution in [3.05, 3.63) is 23.0 Å². The first-order valence-electron chi connectivity index (χ1n) is 5.49. The molecule has 3 aromatic rings. The number of rotatable bonds is 3. The largest absolute Gasteiger partial charge is 0.198 e. The number of fused-ring (bicyclic) bond motifs is 1. The number of nitrogens with zero attached hydrogens (tertiary/aromatic N) is 6. The fourth-order valence-corrected chi connectivity index (χ4v) is 2.50. The van der Waals surface area contributed by atoms with Crippen LogP contribution in [0.5, 0.6) is 0 Å². The second-order valence-corrected chi connectivity index (χ2v) is 4.89. The van der Waals surface area contributed by atoms with Crippen LogP contribution in [0.2, 0.25) is 5.15 Å². The zero-order valence-electron chi connectivity index (χ0n) is 9.54. The van der Waals surface area contributed by atoms with Crippen molar-refractivity contribution in [1.82, 2.24) is 29.4 Å². The fraction of sp³-hybridized carbons (Fsp3) is 0.300. The number of hydrogen-bond donors (Lipinski definition) is 0. The summed E-state index contributed by atoms with van der Waals surface area (Å²) in [5.41, 5.74) is 1.59. The lowest BCUT2D eigenvalue weighted by molar-refractivity contribution is 0.865. The van der Waals surface area contributed by atoms with Crippen LogP contribution in [-0.4, -0.2) is 29.4 Å². The van der Waals surface area contributed by atoms with Gasteiger partial charge in [0.15, 0.2) is 11.5 Å². The molecule has 3 rings (SSSR count). The lowest BCUT2D eigenvalue weighted by atomic mass is 10.2. The van der Waals surface area contributed by atoms with E-state index in [9.17, 15) is 0 Å². The molecule has 8 heteroatoms. The quantitative estimate of drug-likeness (QED) is 0.736. The molecule has 0 radical (unpaired) electrons. The van der Waals surface area contributed by atoms with Crippen molar-refractivity contribution < 1.29 is 0 Å². The first-order valence-corrected chi connectivity index (χ1v) is 6.64. The topological polar surface area (TPSA) is 68.9 Å². The second kappa shape index (κ2) is 4.58. The normalized spacial score (nSPS) is 11.2. The summed E-state index contributed by atoms with van der Waals surface area (Å²) >= 11 is 7.19. The van der Waals surface area contributed by atoms with E-state index in [-0.39, 0.29) is 0 Å². The van der Waals surface area contributed by atoms with Crippen molar-refractivity contribution in [2.45, 2.75) is 19.8 Å². The third kappa shape index (κ3) is 1.85. The number of hydrogen-bond acceptors (Lipinski definition) is 6. The third-order valence-electron chi connectivity index (χ3n) is 2.48. The second-order valence-electron chi connectivity index (χ2n) is 3.75. The zero-order valence-corrected chi connectivity index (χ0v) is 11.1. The van der Waals surface area contributed by atoms with Crippen LogP contribution in [0.4, 0.5) is 0 Å². The van der Waals surface area contributed by atoms with Gasteiger partial charge in [-0.25, -0.2) is 0 Å². The monoisotopic (exact) mass is 280 g/mol. The molecule has 0 aromatic carbocycles. The van der Waals surface area contributed by atoms with E-state index in [0.717, 1.165) is 23.4 Å². The van der Waals surface area contributed by atoms with Crippen LogP contribution in [0.3, 0.4) is 0 Å². The van der Waals surface area contributed by atoms with Crippen LogP contribution >= 0.6 is 23.1 Å². The maximum atomic E-state index is 5.89. The smallest absolute Gasteiger partial charge is 0.190 e. The molecule has 0 unspecified atom stereocenters. The van der Waals surface area contributed by atoms with E-state index in [1.54, 1.807) is 16.6 Å². The Hall–Kier alpha value is -1.60. The van der Waals surface area contributed by atoms with Gasteiger partial charge in [-0.1, -0.05) is 29.4 Å². The summed E-state index contributed by atoms with van der Waals surface area (Å²) in [6, 6.07) is 3.47. The minimum Gasteiger partial charge on any atom is -0.190 e. The van der Waals surface area contributed by atoms with Crippen LogP contribution in [0.1, 0.15) is 19.0 Å². The highest BCUT2D eigenvalue weighted by atomic mass is 35.5. The standard InChI is InChI=1S/C10H9ClN6S/c1-2-3-6-9(18-16-12-6)10-14-13-8-5-4-7(11)15-17(8)10/h4-5H,2-3H2,1H3. The van der Waals surface area contributed by atoms with E-state index in [0.29, 0.717) is 16.6 Å². The molecule has 0 N–H and O–H groups in total. The molecule has 0 bridgehead atoms. The molecule has 3 heterocycles. The summed E-state index contributed by atoms with van der Waals surface area (Å²) in [6.45, 7) is 2.10. The van der Waals surface area contributed by atoms with Crippen LogP contribution in [0.15, 0.2) is 12.1 Å². The van der Waals surface area contributed by atoms with Gasteiger partial charge in [-0.2, -0.15) is 9.61 Å². The van der Waals surface area contributed by atoms with Gasteiger partial charge in [-0.05, 0) is 30.1 Å². The van der Waals surface area contributed by atoms with E-state index < -0.39 is 0 Å². The van der Waals surface area contributed by atoms with Crippen molar-refractivity contribution in [3.8, 4) is 10.7 Å². The van der Waals surface area contributed by atoms with Gasteiger partial charge in [-0.15, -0.1) is 15.3 Å². The van der Waals surface area contributed by atoms with Crippen molar-refractivity contribution in [3.63, 3.8) is 0 Å². The Morgan fingerprint density at radius 2 is 2.17 bits per heavy atom. The maximum Gasteiger partial charge on any atom is 0.198 e. The highest BCUT2D eigenvalue weighted by Gasteiger charge is 2.16. The molecule has 0 atom stereocenters. The van der Waals surface area contributed by atoms with Crippen molar-refractivity contribution in [1.29, 1.82) is 0 Å². The highest BCUT2D eigenvalue weighted by molar-refractivity contribution is 7.09. The Kier molecular flexibility index (Phi) is 2.92. The van der Waals surface area contributed by atoms with Crippen molar-refractivity contribution >= 4 is 28.8 Å². The molecule has 92 valence electrons. The van der Waals surface area contributed by atoms with Gasteiger partial charge >= 0.3 is 0 Å². The van der Waals surface area contributed by atoms with Gasteiger partial charge < -0.3 is 0 Å². The van der Waals surface area contributed by atoms with E-state index in [4.69, 9.17) is 11.6 Å². The lowest BCUT2D eigenvalue weighted by Gasteiger charge is -1.98. The van der Waals surface area contributed by atoms with Crippen LogP contribution in [-0.2, 0) is 6.42 Å². The molecule has 0 fully saturated rings. The van der Waals surface area contributed by atoms with Gasteiger partial charge in [0, 0.05) is 0 Å². The molecule has 0 spiro atoms. The first kappa shape index (κ1) is 11.5. The maximum absolute atomic E-state index is 5.89. The van der Waals surface area contributed by atoms with Gasteiger partial charge in [0.2, 0.25) is 0 Å². The number of aryl methyl sites for hydroxylation is 1. The number of halogens is 1. The zero-order chi connectivity index (χ0) is 12.5. The average molecular weight is 281 g/mol. The minimum atomic E-state index is 0.401. The Bertz CT molecular complexity index is 691.